The van der Waals surface area contributed by atoms with Gasteiger partial charge in [0.05, 0.1) is 0 Å². The number of nitrogens with one attached hydrogen (secondary N) is 1. The second-order valence-corrected chi connectivity index (χ2v) is 6.17. The van der Waals surface area contributed by atoms with E-state index in [0.717, 1.165) is 42.7 Å². The summed E-state index contributed by atoms with van der Waals surface area (Å²) in [7, 11) is 0. The lowest BCUT2D eigenvalue weighted by Crippen LogP contribution is -2.28. The Balaban J connectivity index is 1.79. The van der Waals surface area contributed by atoms with Crippen LogP contribution in [0.2, 0.25) is 0 Å². The van der Waals surface area contributed by atoms with Crippen molar-refractivity contribution in [3.63, 3.8) is 0 Å². The second kappa shape index (κ2) is 6.40. The summed E-state index contributed by atoms with van der Waals surface area (Å²) in [6.07, 6.45) is 2.90. The maximum absolute atomic E-state index is 4.72. The molecule has 5 heteroatoms. The topological polar surface area (TPSA) is 53.9 Å². The third kappa shape index (κ3) is 3.42. The summed E-state index contributed by atoms with van der Waals surface area (Å²) in [5, 5.41) is 3.27. The van der Waals surface area contributed by atoms with Crippen molar-refractivity contribution in [2.75, 3.05) is 18.4 Å². The molecule has 1 saturated heterocycles. The van der Waals surface area contributed by atoms with Crippen molar-refractivity contribution in [3.8, 4) is 0 Å². The summed E-state index contributed by atoms with van der Waals surface area (Å²) in [4.78, 5) is 16.1. The van der Waals surface area contributed by atoms with Crippen LogP contribution in [0, 0.1) is 6.92 Å². The quantitative estimate of drug-likeness (QED) is 0.939. The Morgan fingerprint density at radius 3 is 2.77 bits per heavy atom. The SMILES string of the molecule is Cc1cc(Nc2ccccn2)nc(C2CCN(C(C)C)C2)n1. The normalized spacial score (nSPS) is 18.8. The summed E-state index contributed by atoms with van der Waals surface area (Å²) in [6.45, 7) is 8.68. The van der Waals surface area contributed by atoms with Crippen molar-refractivity contribution in [1.82, 2.24) is 19.9 Å². The zero-order valence-corrected chi connectivity index (χ0v) is 13.5. The van der Waals surface area contributed by atoms with Crippen LogP contribution in [-0.2, 0) is 0 Å². The minimum Gasteiger partial charge on any atom is -0.325 e. The van der Waals surface area contributed by atoms with Crippen LogP contribution < -0.4 is 5.32 Å². The van der Waals surface area contributed by atoms with Gasteiger partial charge in [0, 0.05) is 36.5 Å². The number of likely N-dealkylation sites (tertiary alicyclic amines) is 1. The van der Waals surface area contributed by atoms with Crippen molar-refractivity contribution < 1.29 is 0 Å². The van der Waals surface area contributed by atoms with E-state index in [0.29, 0.717) is 12.0 Å². The Morgan fingerprint density at radius 1 is 1.23 bits per heavy atom. The predicted molar refractivity (Wildman–Crippen MR) is 88.4 cm³/mol. The highest BCUT2D eigenvalue weighted by Crippen LogP contribution is 2.27. The number of aryl methyl sites for hydroxylation is 1. The molecule has 1 aliphatic rings. The molecule has 5 nitrogen and oxygen atoms in total. The van der Waals surface area contributed by atoms with Gasteiger partial charge in [-0.05, 0) is 45.9 Å². The second-order valence-electron chi connectivity index (χ2n) is 6.17. The van der Waals surface area contributed by atoms with Crippen molar-refractivity contribution >= 4 is 11.6 Å². The molecule has 2 aromatic rings. The van der Waals surface area contributed by atoms with Crippen LogP contribution in [0.5, 0.6) is 0 Å². The standard InChI is InChI=1S/C17H23N5/c1-12(2)22-9-7-14(11-22)17-19-13(3)10-16(21-17)20-15-6-4-5-8-18-15/h4-6,8,10,12,14H,7,9,11H2,1-3H3,(H,18,19,20,21). The molecule has 2 aromatic heterocycles. The third-order valence-corrected chi connectivity index (χ3v) is 4.11. The summed E-state index contributed by atoms with van der Waals surface area (Å²) in [5.41, 5.74) is 0.992. The van der Waals surface area contributed by atoms with E-state index in [-0.39, 0.29) is 0 Å². The number of rotatable bonds is 4. The fourth-order valence-corrected chi connectivity index (χ4v) is 2.87. The number of hydrogen-bond acceptors (Lipinski definition) is 5. The Hall–Kier alpha value is -2.01. The first-order valence-electron chi connectivity index (χ1n) is 7.89. The number of anilines is 2. The molecule has 0 aromatic carbocycles. The van der Waals surface area contributed by atoms with Gasteiger partial charge in [-0.15, -0.1) is 0 Å². The highest BCUT2D eigenvalue weighted by atomic mass is 15.2. The lowest BCUT2D eigenvalue weighted by atomic mass is 10.1. The van der Waals surface area contributed by atoms with Crippen LogP contribution in [0.25, 0.3) is 0 Å². The van der Waals surface area contributed by atoms with Crippen LogP contribution in [0.15, 0.2) is 30.5 Å². The largest absolute Gasteiger partial charge is 0.325 e. The Morgan fingerprint density at radius 2 is 2.09 bits per heavy atom. The summed E-state index contributed by atoms with van der Waals surface area (Å²) in [6, 6.07) is 8.35. The minimum absolute atomic E-state index is 0.423. The number of hydrogen-bond donors (Lipinski definition) is 1. The number of pyridine rings is 1. The Bertz CT molecular complexity index is 626. The molecule has 1 aliphatic heterocycles. The summed E-state index contributed by atoms with van der Waals surface area (Å²) >= 11 is 0. The Labute approximate surface area is 131 Å². The molecule has 1 unspecified atom stereocenters. The molecule has 22 heavy (non-hydrogen) atoms. The molecule has 0 radical (unpaired) electrons. The van der Waals surface area contributed by atoms with Gasteiger partial charge in [-0.25, -0.2) is 15.0 Å². The van der Waals surface area contributed by atoms with Gasteiger partial charge in [0.2, 0.25) is 0 Å². The van der Waals surface area contributed by atoms with E-state index in [1.807, 2.05) is 31.2 Å². The maximum atomic E-state index is 4.72. The van der Waals surface area contributed by atoms with Gasteiger partial charge in [0.25, 0.3) is 0 Å². The molecule has 0 aliphatic carbocycles. The highest BCUT2D eigenvalue weighted by molar-refractivity contribution is 5.51. The lowest BCUT2D eigenvalue weighted by Gasteiger charge is -2.20. The van der Waals surface area contributed by atoms with Gasteiger partial charge in [-0.3, -0.25) is 0 Å². The van der Waals surface area contributed by atoms with Gasteiger partial charge in [0.15, 0.2) is 0 Å². The van der Waals surface area contributed by atoms with Crippen LogP contribution >= 0.6 is 0 Å². The first-order chi connectivity index (χ1) is 10.6. The molecular formula is C17H23N5. The fraction of sp³-hybridized carbons (Fsp3) is 0.471. The van der Waals surface area contributed by atoms with E-state index >= 15 is 0 Å². The summed E-state index contributed by atoms with van der Waals surface area (Å²) < 4.78 is 0. The van der Waals surface area contributed by atoms with Crippen molar-refractivity contribution in [3.05, 3.63) is 42.0 Å². The van der Waals surface area contributed by atoms with E-state index in [1.165, 1.54) is 0 Å². The lowest BCUT2D eigenvalue weighted by molar-refractivity contribution is 0.272. The zero-order chi connectivity index (χ0) is 15.5. The maximum Gasteiger partial charge on any atom is 0.135 e. The van der Waals surface area contributed by atoms with Gasteiger partial charge < -0.3 is 10.2 Å². The molecule has 3 heterocycles. The first kappa shape index (κ1) is 14.9. The molecule has 0 amide bonds. The molecular weight excluding hydrogens is 274 g/mol. The van der Waals surface area contributed by atoms with E-state index in [2.05, 4.69) is 34.0 Å². The van der Waals surface area contributed by atoms with Crippen molar-refractivity contribution in [1.29, 1.82) is 0 Å². The molecule has 1 N–H and O–H groups in total. The van der Waals surface area contributed by atoms with Gasteiger partial charge in [0.1, 0.15) is 17.5 Å². The molecule has 0 saturated carbocycles. The van der Waals surface area contributed by atoms with Gasteiger partial charge in [-0.2, -0.15) is 0 Å². The van der Waals surface area contributed by atoms with Crippen LogP contribution in [-0.4, -0.2) is 39.0 Å². The third-order valence-electron chi connectivity index (χ3n) is 4.11. The van der Waals surface area contributed by atoms with Crippen LogP contribution in [0.4, 0.5) is 11.6 Å². The van der Waals surface area contributed by atoms with Crippen LogP contribution in [0.1, 0.15) is 37.7 Å². The molecule has 116 valence electrons. The van der Waals surface area contributed by atoms with E-state index in [4.69, 9.17) is 4.98 Å². The van der Waals surface area contributed by atoms with Gasteiger partial charge in [-0.1, -0.05) is 6.07 Å². The molecule has 1 fully saturated rings. The van der Waals surface area contributed by atoms with Gasteiger partial charge >= 0.3 is 0 Å². The van der Waals surface area contributed by atoms with E-state index in [1.54, 1.807) is 6.20 Å². The number of nitrogens with zero attached hydrogens (tertiary/aromatic N) is 4. The molecule has 1 atom stereocenters. The summed E-state index contributed by atoms with van der Waals surface area (Å²) in [5.74, 6) is 3.00. The van der Waals surface area contributed by atoms with Crippen molar-refractivity contribution in [2.24, 2.45) is 0 Å². The molecule has 0 spiro atoms. The van der Waals surface area contributed by atoms with Crippen molar-refractivity contribution in [2.45, 2.75) is 39.2 Å². The minimum atomic E-state index is 0.423. The highest BCUT2D eigenvalue weighted by Gasteiger charge is 2.27. The first-order valence-corrected chi connectivity index (χ1v) is 7.89. The number of aromatic nitrogens is 3. The smallest absolute Gasteiger partial charge is 0.135 e. The molecule has 3 rings (SSSR count). The average molecular weight is 297 g/mol. The zero-order valence-electron chi connectivity index (χ0n) is 13.5. The van der Waals surface area contributed by atoms with E-state index in [9.17, 15) is 0 Å². The van der Waals surface area contributed by atoms with Crippen LogP contribution in [0.3, 0.4) is 0 Å². The monoisotopic (exact) mass is 297 g/mol. The fourth-order valence-electron chi connectivity index (χ4n) is 2.87. The van der Waals surface area contributed by atoms with E-state index < -0.39 is 0 Å². The molecule has 0 bridgehead atoms. The average Bonchev–Trinajstić information content (AvgIpc) is 2.98. The predicted octanol–water partition coefficient (Wildman–Crippen LogP) is 3.12. The Kier molecular flexibility index (Phi) is 4.34.